The SMILES string of the molecule is CCCCCNC(=O)C1N([C@@H](CO)Cc2ccccc2)C(=O)[C@@H]2[C@H](C(=O)NCc3ccccc3)[C@H]3SC12CC3Br. The molecule has 0 radical (unpaired) electrons. The third kappa shape index (κ3) is 5.44. The molecule has 3 aliphatic heterocycles. The fourth-order valence-electron chi connectivity index (χ4n) is 6.78. The summed E-state index contributed by atoms with van der Waals surface area (Å²) in [6.45, 7) is 2.78. The maximum atomic E-state index is 14.4. The second kappa shape index (κ2) is 12.7. The van der Waals surface area contributed by atoms with Gasteiger partial charge in [0, 0.05) is 23.2 Å². The van der Waals surface area contributed by atoms with Gasteiger partial charge in [-0.3, -0.25) is 14.4 Å². The summed E-state index contributed by atoms with van der Waals surface area (Å²) in [5.74, 6) is -1.72. The molecule has 7 atom stereocenters. The van der Waals surface area contributed by atoms with E-state index < -0.39 is 28.7 Å². The van der Waals surface area contributed by atoms with Gasteiger partial charge < -0.3 is 20.6 Å². The zero-order chi connectivity index (χ0) is 28.3. The van der Waals surface area contributed by atoms with E-state index in [1.54, 1.807) is 16.7 Å². The van der Waals surface area contributed by atoms with Gasteiger partial charge in [-0.25, -0.2) is 0 Å². The van der Waals surface area contributed by atoms with Gasteiger partial charge in [0.05, 0.1) is 29.2 Å². The number of nitrogens with one attached hydrogen (secondary N) is 2. The number of carbonyl (C=O) groups excluding carboxylic acids is 3. The zero-order valence-corrected chi connectivity index (χ0v) is 25.2. The van der Waals surface area contributed by atoms with Crippen LogP contribution < -0.4 is 10.6 Å². The number of unbranched alkanes of at least 4 members (excludes halogenated alkanes) is 2. The van der Waals surface area contributed by atoms with Crippen LogP contribution in [-0.4, -0.2) is 67.8 Å². The topological polar surface area (TPSA) is 98.7 Å². The largest absolute Gasteiger partial charge is 0.394 e. The second-order valence-corrected chi connectivity index (χ2v) is 13.9. The van der Waals surface area contributed by atoms with Crippen LogP contribution in [0.15, 0.2) is 60.7 Å². The molecule has 2 aromatic rings. The molecular weight excluding hydrogens is 590 g/mol. The highest BCUT2D eigenvalue weighted by Gasteiger charge is 2.76. The first-order valence-electron chi connectivity index (χ1n) is 14.3. The third-order valence-corrected chi connectivity index (χ3v) is 11.8. The molecule has 3 unspecified atom stereocenters. The van der Waals surface area contributed by atoms with Crippen molar-refractivity contribution >= 4 is 45.4 Å². The minimum Gasteiger partial charge on any atom is -0.394 e. The zero-order valence-electron chi connectivity index (χ0n) is 22.8. The summed E-state index contributed by atoms with van der Waals surface area (Å²) >= 11 is 5.44. The normalized spacial score (nSPS) is 29.3. The fourth-order valence-corrected chi connectivity index (χ4v) is 10.4. The number of nitrogens with zero attached hydrogens (tertiary/aromatic N) is 1. The molecule has 3 aliphatic rings. The quantitative estimate of drug-likeness (QED) is 0.246. The fraction of sp³-hybridized carbons (Fsp3) is 0.516. The molecule has 3 N–H and O–H groups in total. The molecule has 40 heavy (non-hydrogen) atoms. The molecule has 5 rings (SSSR count). The first-order chi connectivity index (χ1) is 19.4. The molecule has 7 nitrogen and oxygen atoms in total. The van der Waals surface area contributed by atoms with Gasteiger partial charge in [0.1, 0.15) is 6.04 Å². The number of fused-ring (bicyclic) bond motifs is 1. The number of halogens is 1. The predicted octanol–water partition coefficient (Wildman–Crippen LogP) is 3.68. The van der Waals surface area contributed by atoms with Crippen LogP contribution >= 0.6 is 27.7 Å². The van der Waals surface area contributed by atoms with Crippen molar-refractivity contribution in [3.8, 4) is 0 Å². The van der Waals surface area contributed by atoms with Gasteiger partial charge >= 0.3 is 0 Å². The van der Waals surface area contributed by atoms with Crippen molar-refractivity contribution < 1.29 is 19.5 Å². The Labute approximate surface area is 249 Å². The lowest BCUT2D eigenvalue weighted by atomic mass is 9.70. The second-order valence-electron chi connectivity index (χ2n) is 11.1. The van der Waals surface area contributed by atoms with Crippen LogP contribution in [0, 0.1) is 11.8 Å². The molecule has 0 aliphatic carbocycles. The predicted molar refractivity (Wildman–Crippen MR) is 161 cm³/mol. The summed E-state index contributed by atoms with van der Waals surface area (Å²) < 4.78 is -0.733. The molecule has 2 aromatic carbocycles. The van der Waals surface area contributed by atoms with Gasteiger partial charge in [-0.15, -0.1) is 11.8 Å². The lowest BCUT2D eigenvalue weighted by Crippen LogP contribution is -2.57. The summed E-state index contributed by atoms with van der Waals surface area (Å²) in [5.41, 5.74) is 1.97. The smallest absolute Gasteiger partial charge is 0.244 e. The number of aliphatic hydroxyl groups excluding tert-OH is 1. The molecule has 3 amide bonds. The van der Waals surface area contributed by atoms with Crippen molar-refractivity contribution in [2.75, 3.05) is 13.2 Å². The Morgan fingerprint density at radius 2 is 1.73 bits per heavy atom. The van der Waals surface area contributed by atoms with E-state index in [9.17, 15) is 19.5 Å². The number of likely N-dealkylation sites (tertiary alicyclic amines) is 1. The lowest BCUT2D eigenvalue weighted by molar-refractivity contribution is -0.142. The molecular formula is C31H38BrN3O4S. The molecule has 1 spiro atoms. The molecule has 3 saturated heterocycles. The van der Waals surface area contributed by atoms with Crippen LogP contribution in [-0.2, 0) is 27.3 Å². The van der Waals surface area contributed by atoms with Crippen LogP contribution in [0.4, 0.5) is 0 Å². The highest BCUT2D eigenvalue weighted by atomic mass is 79.9. The molecule has 0 aromatic heterocycles. The number of benzene rings is 2. The Bertz CT molecular complexity index is 1200. The average molecular weight is 629 g/mol. The number of aliphatic hydroxyl groups is 1. The average Bonchev–Trinajstić information content (AvgIpc) is 3.57. The highest BCUT2D eigenvalue weighted by Crippen LogP contribution is 2.68. The van der Waals surface area contributed by atoms with Gasteiger partial charge in [0.15, 0.2) is 0 Å². The van der Waals surface area contributed by atoms with E-state index >= 15 is 0 Å². The summed E-state index contributed by atoms with van der Waals surface area (Å²) in [7, 11) is 0. The Morgan fingerprint density at radius 3 is 2.38 bits per heavy atom. The standard InChI is InChI=1S/C31H38BrN3O4S/c1-2-3-10-15-33-29(38)27-31-17-23(32)26(40-31)24(28(37)34-18-21-13-8-5-9-14-21)25(31)30(39)35(27)22(19-36)16-20-11-6-4-7-12-20/h4-9,11-14,22-27,36H,2-3,10,15-19H2,1H3,(H,33,38)(H,34,37)/t22-,23?,24+,25+,26+,27?,31?/m1/s1. The monoisotopic (exact) mass is 627 g/mol. The van der Waals surface area contributed by atoms with Gasteiger partial charge in [-0.1, -0.05) is 96.4 Å². The summed E-state index contributed by atoms with van der Waals surface area (Å²) in [6.07, 6.45) is 3.98. The number of hydrogen-bond acceptors (Lipinski definition) is 5. The first-order valence-corrected chi connectivity index (χ1v) is 16.1. The summed E-state index contributed by atoms with van der Waals surface area (Å²) in [5, 5.41) is 16.6. The van der Waals surface area contributed by atoms with Crippen LogP contribution in [0.1, 0.15) is 43.7 Å². The van der Waals surface area contributed by atoms with Gasteiger partial charge in [0.2, 0.25) is 17.7 Å². The minimum absolute atomic E-state index is 0.00562. The Hall–Kier alpha value is -2.36. The summed E-state index contributed by atoms with van der Waals surface area (Å²) in [6, 6.07) is 18.1. The Kier molecular flexibility index (Phi) is 9.22. The van der Waals surface area contributed by atoms with Crippen molar-refractivity contribution in [1.82, 2.24) is 15.5 Å². The van der Waals surface area contributed by atoms with Crippen molar-refractivity contribution in [2.24, 2.45) is 11.8 Å². The van der Waals surface area contributed by atoms with Crippen LogP contribution in [0.2, 0.25) is 0 Å². The summed E-state index contributed by atoms with van der Waals surface area (Å²) in [4.78, 5) is 43.7. The van der Waals surface area contributed by atoms with E-state index in [-0.39, 0.29) is 34.4 Å². The van der Waals surface area contributed by atoms with Crippen molar-refractivity contribution in [3.63, 3.8) is 0 Å². The minimum atomic E-state index is -0.755. The molecule has 3 heterocycles. The lowest BCUT2D eigenvalue weighted by Gasteiger charge is -2.37. The van der Waals surface area contributed by atoms with E-state index in [1.807, 2.05) is 60.7 Å². The van der Waals surface area contributed by atoms with Gasteiger partial charge in [0.25, 0.3) is 0 Å². The number of carbonyl (C=O) groups is 3. The molecule has 0 saturated carbocycles. The van der Waals surface area contributed by atoms with Crippen LogP contribution in [0.25, 0.3) is 0 Å². The molecule has 2 bridgehead atoms. The van der Waals surface area contributed by atoms with E-state index in [4.69, 9.17) is 0 Å². The van der Waals surface area contributed by atoms with E-state index in [2.05, 4.69) is 33.5 Å². The van der Waals surface area contributed by atoms with Crippen molar-refractivity contribution in [2.45, 2.75) is 72.5 Å². The van der Waals surface area contributed by atoms with E-state index in [0.29, 0.717) is 25.9 Å². The van der Waals surface area contributed by atoms with E-state index in [1.165, 1.54) is 0 Å². The van der Waals surface area contributed by atoms with E-state index in [0.717, 1.165) is 30.4 Å². The third-order valence-electron chi connectivity index (χ3n) is 8.59. The number of hydrogen-bond donors (Lipinski definition) is 3. The Balaban J connectivity index is 1.46. The van der Waals surface area contributed by atoms with Crippen LogP contribution in [0.3, 0.4) is 0 Å². The maximum Gasteiger partial charge on any atom is 0.244 e. The highest BCUT2D eigenvalue weighted by molar-refractivity contribution is 9.09. The first kappa shape index (κ1) is 29.1. The molecule has 214 valence electrons. The number of thioether (sulfide) groups is 1. The van der Waals surface area contributed by atoms with Gasteiger partial charge in [-0.2, -0.15) is 0 Å². The molecule has 3 fully saturated rings. The maximum absolute atomic E-state index is 14.4. The molecule has 9 heteroatoms. The number of rotatable bonds is 12. The van der Waals surface area contributed by atoms with Crippen molar-refractivity contribution in [3.05, 3.63) is 71.8 Å². The van der Waals surface area contributed by atoms with Crippen LogP contribution in [0.5, 0.6) is 0 Å². The number of amides is 3. The number of alkyl halides is 1. The van der Waals surface area contributed by atoms with Crippen molar-refractivity contribution in [1.29, 1.82) is 0 Å². The Morgan fingerprint density at radius 1 is 1.05 bits per heavy atom. The van der Waals surface area contributed by atoms with Gasteiger partial charge in [-0.05, 0) is 30.4 Å².